The summed E-state index contributed by atoms with van der Waals surface area (Å²) in [6.07, 6.45) is 0.882. The minimum Gasteiger partial charge on any atom is -0.508 e. The fourth-order valence-electron chi connectivity index (χ4n) is 2.86. The van der Waals surface area contributed by atoms with Gasteiger partial charge >= 0.3 is 0 Å². The van der Waals surface area contributed by atoms with Crippen molar-refractivity contribution in [2.75, 3.05) is 45.1 Å². The third-order valence-corrected chi connectivity index (χ3v) is 6.05. The largest absolute Gasteiger partial charge is 0.508 e. The lowest BCUT2D eigenvalue weighted by atomic mass is 10.2. The van der Waals surface area contributed by atoms with Crippen LogP contribution < -0.4 is 5.73 Å². The van der Waals surface area contributed by atoms with E-state index in [1.807, 2.05) is 0 Å². The lowest BCUT2D eigenvalue weighted by Crippen LogP contribution is -2.27. The van der Waals surface area contributed by atoms with Crippen LogP contribution in [-0.2, 0) is 14.6 Å². The molecule has 1 saturated heterocycles. The molecule has 0 radical (unpaired) electrons. The van der Waals surface area contributed by atoms with Crippen molar-refractivity contribution in [3.63, 3.8) is 0 Å². The number of rotatable bonds is 8. The molecule has 0 amide bonds. The number of benzene rings is 1. The Kier molecular flexibility index (Phi) is 6.41. The number of nitrogens with two attached hydrogens (primary N) is 1. The van der Waals surface area contributed by atoms with Crippen LogP contribution in [-0.4, -0.2) is 63.6 Å². The number of likely N-dealkylation sites (tertiary alicyclic amines) is 1. The molecule has 1 fully saturated rings. The van der Waals surface area contributed by atoms with Crippen LogP contribution in [0.3, 0.4) is 0 Å². The number of aromatic hydroxyl groups is 1. The minimum atomic E-state index is -3.32. The molecule has 1 aliphatic heterocycles. The van der Waals surface area contributed by atoms with E-state index in [1.165, 1.54) is 18.2 Å². The van der Waals surface area contributed by atoms with Gasteiger partial charge in [-0.2, -0.15) is 0 Å². The molecular formula is C16H26N2O4S. The molecule has 6 nitrogen and oxygen atoms in total. The van der Waals surface area contributed by atoms with Crippen molar-refractivity contribution in [1.29, 1.82) is 0 Å². The zero-order valence-corrected chi connectivity index (χ0v) is 14.4. The highest BCUT2D eigenvalue weighted by Gasteiger charge is 2.28. The molecular weight excluding hydrogens is 316 g/mol. The molecule has 1 aliphatic rings. The molecule has 23 heavy (non-hydrogen) atoms. The molecule has 0 saturated carbocycles. The second-order valence-electron chi connectivity index (χ2n) is 6.09. The molecule has 130 valence electrons. The number of sulfone groups is 1. The summed E-state index contributed by atoms with van der Waals surface area (Å²) in [5.41, 5.74) is 5.95. The molecule has 1 aromatic carbocycles. The maximum atomic E-state index is 12.5. The van der Waals surface area contributed by atoms with Crippen LogP contribution in [0.15, 0.2) is 23.1 Å². The zero-order chi connectivity index (χ0) is 16.9. The summed E-state index contributed by atoms with van der Waals surface area (Å²) in [7, 11) is -3.32. The highest BCUT2D eigenvalue weighted by atomic mass is 32.2. The standard InChI is InChI=1S/C16H26N2O4S/c1-13-10-15(2-3-16(13)19)23(20,21)12-14-4-6-18(11-14)7-9-22-8-5-17/h2-3,10,14,19H,4-9,11-12,17H2,1H3/t14-/m0/s1. The fraction of sp³-hybridized carbons (Fsp3) is 0.625. The monoisotopic (exact) mass is 342 g/mol. The zero-order valence-electron chi connectivity index (χ0n) is 13.6. The van der Waals surface area contributed by atoms with Gasteiger partial charge in [0.2, 0.25) is 0 Å². The Morgan fingerprint density at radius 2 is 2.17 bits per heavy atom. The number of phenols is 1. The van der Waals surface area contributed by atoms with Crippen molar-refractivity contribution in [2.24, 2.45) is 11.7 Å². The van der Waals surface area contributed by atoms with Crippen molar-refractivity contribution in [3.05, 3.63) is 23.8 Å². The van der Waals surface area contributed by atoms with Crippen LogP contribution in [0.5, 0.6) is 5.75 Å². The number of hydrogen-bond donors (Lipinski definition) is 2. The highest BCUT2D eigenvalue weighted by Crippen LogP contribution is 2.25. The van der Waals surface area contributed by atoms with E-state index < -0.39 is 9.84 Å². The van der Waals surface area contributed by atoms with E-state index in [2.05, 4.69) is 4.90 Å². The number of aryl methyl sites for hydroxylation is 1. The summed E-state index contributed by atoms with van der Waals surface area (Å²) >= 11 is 0. The average Bonchev–Trinajstić information content (AvgIpc) is 2.93. The number of ether oxygens (including phenoxy) is 1. The summed E-state index contributed by atoms with van der Waals surface area (Å²) in [4.78, 5) is 2.52. The lowest BCUT2D eigenvalue weighted by Gasteiger charge is -2.16. The van der Waals surface area contributed by atoms with Crippen molar-refractivity contribution < 1.29 is 18.3 Å². The van der Waals surface area contributed by atoms with Gasteiger partial charge in [0, 0.05) is 19.6 Å². The van der Waals surface area contributed by atoms with E-state index in [0.29, 0.717) is 25.3 Å². The second-order valence-corrected chi connectivity index (χ2v) is 8.12. The minimum absolute atomic E-state index is 0.119. The van der Waals surface area contributed by atoms with E-state index in [-0.39, 0.29) is 22.3 Å². The smallest absolute Gasteiger partial charge is 0.178 e. The Morgan fingerprint density at radius 3 is 2.87 bits per heavy atom. The first kappa shape index (κ1) is 18.2. The molecule has 1 aromatic rings. The molecule has 0 unspecified atom stereocenters. The number of nitrogens with zero attached hydrogens (tertiary/aromatic N) is 1. The van der Waals surface area contributed by atoms with Gasteiger partial charge < -0.3 is 20.5 Å². The first-order valence-electron chi connectivity index (χ1n) is 7.95. The third kappa shape index (κ3) is 5.17. The number of hydrogen-bond acceptors (Lipinski definition) is 6. The van der Waals surface area contributed by atoms with Crippen LogP contribution >= 0.6 is 0 Å². The molecule has 3 N–H and O–H groups in total. The molecule has 0 bridgehead atoms. The van der Waals surface area contributed by atoms with Crippen LogP contribution in [0.1, 0.15) is 12.0 Å². The molecule has 0 aliphatic carbocycles. The Morgan fingerprint density at radius 1 is 1.39 bits per heavy atom. The Bertz CT molecular complexity index is 619. The van der Waals surface area contributed by atoms with Gasteiger partial charge in [-0.15, -0.1) is 0 Å². The van der Waals surface area contributed by atoms with Gasteiger partial charge in [-0.25, -0.2) is 8.42 Å². The summed E-state index contributed by atoms with van der Waals surface area (Å²) in [6.45, 7) is 5.91. The first-order chi connectivity index (χ1) is 10.9. The van der Waals surface area contributed by atoms with Crippen molar-refractivity contribution in [2.45, 2.75) is 18.2 Å². The van der Waals surface area contributed by atoms with Crippen molar-refractivity contribution in [3.8, 4) is 5.75 Å². The quantitative estimate of drug-likeness (QED) is 0.678. The van der Waals surface area contributed by atoms with Crippen LogP contribution in [0.25, 0.3) is 0 Å². The average molecular weight is 342 g/mol. The van der Waals surface area contributed by atoms with E-state index in [0.717, 1.165) is 26.1 Å². The Hall–Kier alpha value is -1.15. The maximum absolute atomic E-state index is 12.5. The normalized spacial score (nSPS) is 19.3. The summed E-state index contributed by atoms with van der Waals surface area (Å²) in [5.74, 6) is 0.411. The third-order valence-electron chi connectivity index (χ3n) is 4.17. The van der Waals surface area contributed by atoms with Gasteiger partial charge in [0.05, 0.1) is 23.9 Å². The van der Waals surface area contributed by atoms with Crippen molar-refractivity contribution in [1.82, 2.24) is 4.90 Å². The van der Waals surface area contributed by atoms with Gasteiger partial charge in [-0.05, 0) is 49.6 Å². The predicted octanol–water partition coefficient (Wildman–Crippen LogP) is 0.772. The van der Waals surface area contributed by atoms with Gasteiger partial charge in [-0.1, -0.05) is 0 Å². The summed E-state index contributed by atoms with van der Waals surface area (Å²) in [5, 5.41) is 9.53. The van der Waals surface area contributed by atoms with Gasteiger partial charge in [0.25, 0.3) is 0 Å². The van der Waals surface area contributed by atoms with E-state index in [1.54, 1.807) is 6.92 Å². The van der Waals surface area contributed by atoms with Gasteiger partial charge in [-0.3, -0.25) is 0 Å². The second kappa shape index (κ2) is 8.10. The maximum Gasteiger partial charge on any atom is 0.178 e. The molecule has 0 spiro atoms. The molecule has 7 heteroatoms. The van der Waals surface area contributed by atoms with Crippen molar-refractivity contribution >= 4 is 9.84 Å². The molecule has 0 aromatic heterocycles. The van der Waals surface area contributed by atoms with E-state index in [9.17, 15) is 13.5 Å². The molecule has 1 heterocycles. The van der Waals surface area contributed by atoms with E-state index >= 15 is 0 Å². The number of phenolic OH excluding ortho intramolecular Hbond substituents is 1. The molecule has 2 rings (SSSR count). The summed E-state index contributed by atoms with van der Waals surface area (Å²) < 4.78 is 30.4. The Labute approximate surface area is 138 Å². The topological polar surface area (TPSA) is 92.9 Å². The van der Waals surface area contributed by atoms with E-state index in [4.69, 9.17) is 10.5 Å². The molecule has 1 atom stereocenters. The fourth-order valence-corrected chi connectivity index (χ4v) is 4.58. The van der Waals surface area contributed by atoms with Crippen LogP contribution in [0.2, 0.25) is 0 Å². The lowest BCUT2D eigenvalue weighted by molar-refractivity contribution is 0.116. The predicted molar refractivity (Wildman–Crippen MR) is 89.3 cm³/mol. The Balaban J connectivity index is 1.88. The highest BCUT2D eigenvalue weighted by molar-refractivity contribution is 7.91. The first-order valence-corrected chi connectivity index (χ1v) is 9.60. The van der Waals surface area contributed by atoms with Gasteiger partial charge in [0.15, 0.2) is 9.84 Å². The van der Waals surface area contributed by atoms with Gasteiger partial charge in [0.1, 0.15) is 5.75 Å². The summed E-state index contributed by atoms with van der Waals surface area (Å²) in [6, 6.07) is 4.46. The SMILES string of the molecule is Cc1cc(S(=O)(=O)C[C@H]2CCN(CCOCCN)C2)ccc1O. The van der Waals surface area contributed by atoms with Crippen LogP contribution in [0, 0.1) is 12.8 Å². The van der Waals surface area contributed by atoms with Crippen LogP contribution in [0.4, 0.5) is 0 Å².